The van der Waals surface area contributed by atoms with Gasteiger partial charge in [0.15, 0.2) is 0 Å². The lowest BCUT2D eigenvalue weighted by atomic mass is 10.1. The maximum Gasteiger partial charge on any atom is 0.251 e. The van der Waals surface area contributed by atoms with E-state index in [1.165, 1.54) is 5.56 Å². The average molecular weight is 342 g/mol. The summed E-state index contributed by atoms with van der Waals surface area (Å²) in [6.07, 6.45) is 3.90. The molecule has 0 bridgehead atoms. The van der Waals surface area contributed by atoms with Crippen molar-refractivity contribution in [3.8, 4) is 0 Å². The summed E-state index contributed by atoms with van der Waals surface area (Å²) >= 11 is 1.69. The number of nitrogens with one attached hydrogen (secondary N) is 1. The molecule has 1 aromatic carbocycles. The van der Waals surface area contributed by atoms with Gasteiger partial charge < -0.3 is 10.1 Å². The number of carbonyl (C=O) groups excluding carboxylic acids is 1. The third-order valence-electron chi connectivity index (χ3n) is 4.10. The molecule has 126 valence electrons. The number of hydrogen-bond acceptors (Lipinski definition) is 4. The van der Waals surface area contributed by atoms with Crippen LogP contribution in [0.3, 0.4) is 0 Å². The van der Waals surface area contributed by atoms with Crippen molar-refractivity contribution in [2.75, 3.05) is 19.8 Å². The number of benzene rings is 1. The van der Waals surface area contributed by atoms with Gasteiger partial charge in [-0.05, 0) is 48.6 Å². The second kappa shape index (κ2) is 8.85. The van der Waals surface area contributed by atoms with Gasteiger partial charge >= 0.3 is 0 Å². The highest BCUT2D eigenvalue weighted by Crippen LogP contribution is 2.20. The molecule has 1 fully saturated rings. The lowest BCUT2D eigenvalue weighted by Gasteiger charge is -2.09. The molecule has 1 saturated heterocycles. The zero-order valence-electron chi connectivity index (χ0n) is 13.6. The van der Waals surface area contributed by atoms with Crippen LogP contribution in [0.4, 0.5) is 0 Å². The van der Waals surface area contributed by atoms with Crippen molar-refractivity contribution >= 4 is 17.7 Å². The minimum Gasteiger partial charge on any atom is -0.381 e. The molecule has 0 spiro atoms. The Labute approximate surface area is 147 Å². The summed E-state index contributed by atoms with van der Waals surface area (Å²) in [5.74, 6) is 1.44. The van der Waals surface area contributed by atoms with Crippen LogP contribution >= 0.6 is 11.8 Å². The van der Waals surface area contributed by atoms with E-state index in [2.05, 4.69) is 10.3 Å². The minimum atomic E-state index is -0.00200. The minimum absolute atomic E-state index is 0.00200. The molecule has 2 aromatic rings. The first-order chi connectivity index (χ1) is 11.8. The number of pyridine rings is 1. The zero-order chi connectivity index (χ0) is 16.6. The van der Waals surface area contributed by atoms with E-state index in [9.17, 15) is 4.79 Å². The molecule has 5 heteroatoms. The van der Waals surface area contributed by atoms with E-state index >= 15 is 0 Å². The van der Waals surface area contributed by atoms with Crippen LogP contribution in [0, 0.1) is 5.92 Å². The highest BCUT2D eigenvalue weighted by atomic mass is 32.2. The van der Waals surface area contributed by atoms with Crippen molar-refractivity contribution in [2.45, 2.75) is 23.6 Å². The van der Waals surface area contributed by atoms with E-state index in [-0.39, 0.29) is 5.91 Å². The summed E-state index contributed by atoms with van der Waals surface area (Å²) in [5.41, 5.74) is 1.90. The first kappa shape index (κ1) is 17.0. The SMILES string of the molecule is O=C(NCCC1CCOC1)c1ccc(CSc2ccccn2)cc1. The predicted molar refractivity (Wildman–Crippen MR) is 96.1 cm³/mol. The van der Waals surface area contributed by atoms with Crippen molar-refractivity contribution in [3.63, 3.8) is 0 Å². The second-order valence-electron chi connectivity index (χ2n) is 5.93. The van der Waals surface area contributed by atoms with Crippen molar-refractivity contribution in [1.82, 2.24) is 10.3 Å². The van der Waals surface area contributed by atoms with E-state index in [4.69, 9.17) is 4.74 Å². The molecular weight excluding hydrogens is 320 g/mol. The highest BCUT2D eigenvalue weighted by molar-refractivity contribution is 7.98. The van der Waals surface area contributed by atoms with Crippen LogP contribution in [0.15, 0.2) is 53.7 Å². The second-order valence-corrected chi connectivity index (χ2v) is 6.92. The van der Waals surface area contributed by atoms with Crippen LogP contribution in [0.2, 0.25) is 0 Å². The third kappa shape index (κ3) is 5.08. The number of thioether (sulfide) groups is 1. The van der Waals surface area contributed by atoms with E-state index in [0.717, 1.165) is 36.8 Å². The Kier molecular flexibility index (Phi) is 6.26. The molecule has 2 heterocycles. The third-order valence-corrected chi connectivity index (χ3v) is 5.12. The van der Waals surface area contributed by atoms with Gasteiger partial charge in [0, 0.05) is 37.3 Å². The van der Waals surface area contributed by atoms with Crippen molar-refractivity contribution in [2.24, 2.45) is 5.92 Å². The van der Waals surface area contributed by atoms with Gasteiger partial charge in [0.25, 0.3) is 5.91 Å². The summed E-state index contributed by atoms with van der Waals surface area (Å²) in [6, 6.07) is 13.7. The Bertz CT molecular complexity index is 640. The predicted octanol–water partition coefficient (Wildman–Crippen LogP) is 3.53. The molecule has 1 aliphatic rings. The van der Waals surface area contributed by atoms with Crippen molar-refractivity contribution < 1.29 is 9.53 Å². The summed E-state index contributed by atoms with van der Waals surface area (Å²) in [5, 5.41) is 4.00. The lowest BCUT2D eigenvalue weighted by Crippen LogP contribution is -2.26. The van der Waals surface area contributed by atoms with E-state index in [1.807, 2.05) is 42.5 Å². The molecule has 0 aliphatic carbocycles. The Morgan fingerprint density at radius 1 is 1.25 bits per heavy atom. The first-order valence-corrected chi connectivity index (χ1v) is 9.28. The van der Waals surface area contributed by atoms with Crippen LogP contribution in [0.1, 0.15) is 28.8 Å². The van der Waals surface area contributed by atoms with Gasteiger partial charge in [0.05, 0.1) is 5.03 Å². The quantitative estimate of drug-likeness (QED) is 0.782. The van der Waals surface area contributed by atoms with Crippen LogP contribution in [-0.4, -0.2) is 30.6 Å². The number of amides is 1. The average Bonchev–Trinajstić information content (AvgIpc) is 3.15. The van der Waals surface area contributed by atoms with Crippen LogP contribution in [-0.2, 0) is 10.5 Å². The summed E-state index contributed by atoms with van der Waals surface area (Å²) in [6.45, 7) is 2.40. The fourth-order valence-electron chi connectivity index (χ4n) is 2.64. The molecular formula is C19H22N2O2S. The zero-order valence-corrected chi connectivity index (χ0v) is 14.4. The van der Waals surface area contributed by atoms with Gasteiger partial charge in [-0.1, -0.05) is 18.2 Å². The Morgan fingerprint density at radius 3 is 2.83 bits per heavy atom. The molecule has 0 saturated carbocycles. The van der Waals surface area contributed by atoms with E-state index in [0.29, 0.717) is 18.0 Å². The van der Waals surface area contributed by atoms with Gasteiger partial charge in [-0.3, -0.25) is 4.79 Å². The fraction of sp³-hybridized carbons (Fsp3) is 0.368. The largest absolute Gasteiger partial charge is 0.381 e. The number of hydrogen-bond donors (Lipinski definition) is 1. The van der Waals surface area contributed by atoms with Gasteiger partial charge in [0.1, 0.15) is 0 Å². The van der Waals surface area contributed by atoms with Gasteiger partial charge in [-0.2, -0.15) is 0 Å². The number of rotatable bonds is 7. The number of aromatic nitrogens is 1. The molecule has 1 unspecified atom stereocenters. The Hall–Kier alpha value is -1.85. The summed E-state index contributed by atoms with van der Waals surface area (Å²) < 4.78 is 5.35. The summed E-state index contributed by atoms with van der Waals surface area (Å²) in [4.78, 5) is 16.4. The standard InChI is InChI=1S/C19H22N2O2S/c22-19(21-11-8-15-9-12-23-13-15)17-6-4-16(5-7-17)14-24-18-3-1-2-10-20-18/h1-7,10,15H,8-9,11-14H2,(H,21,22). The Balaban J connectivity index is 1.43. The van der Waals surface area contributed by atoms with E-state index in [1.54, 1.807) is 18.0 Å². The molecule has 24 heavy (non-hydrogen) atoms. The molecule has 1 amide bonds. The molecule has 0 radical (unpaired) electrons. The maximum atomic E-state index is 12.2. The number of carbonyl (C=O) groups is 1. The molecule has 3 rings (SSSR count). The number of nitrogens with zero attached hydrogens (tertiary/aromatic N) is 1. The molecule has 1 N–H and O–H groups in total. The normalized spacial score (nSPS) is 16.9. The fourth-order valence-corrected chi connectivity index (χ4v) is 3.46. The van der Waals surface area contributed by atoms with Gasteiger partial charge in [-0.15, -0.1) is 11.8 Å². The molecule has 1 atom stereocenters. The smallest absolute Gasteiger partial charge is 0.251 e. The van der Waals surface area contributed by atoms with Crippen molar-refractivity contribution in [1.29, 1.82) is 0 Å². The van der Waals surface area contributed by atoms with Crippen LogP contribution in [0.25, 0.3) is 0 Å². The molecule has 4 nitrogen and oxygen atoms in total. The topological polar surface area (TPSA) is 51.2 Å². The van der Waals surface area contributed by atoms with Gasteiger partial charge in [-0.25, -0.2) is 4.98 Å². The first-order valence-electron chi connectivity index (χ1n) is 8.30. The lowest BCUT2D eigenvalue weighted by molar-refractivity contribution is 0.0950. The van der Waals surface area contributed by atoms with E-state index < -0.39 is 0 Å². The number of ether oxygens (including phenoxy) is 1. The summed E-state index contributed by atoms with van der Waals surface area (Å²) in [7, 11) is 0. The maximum absolute atomic E-state index is 12.2. The highest BCUT2D eigenvalue weighted by Gasteiger charge is 2.15. The van der Waals surface area contributed by atoms with Crippen molar-refractivity contribution in [3.05, 3.63) is 59.8 Å². The molecule has 1 aromatic heterocycles. The van der Waals surface area contributed by atoms with Gasteiger partial charge in [0.2, 0.25) is 0 Å². The molecule has 1 aliphatic heterocycles. The Morgan fingerprint density at radius 2 is 2.12 bits per heavy atom. The van der Waals surface area contributed by atoms with Crippen LogP contribution in [0.5, 0.6) is 0 Å². The van der Waals surface area contributed by atoms with Crippen LogP contribution < -0.4 is 5.32 Å². The monoisotopic (exact) mass is 342 g/mol.